The van der Waals surface area contributed by atoms with Crippen LogP contribution in [-0.2, 0) is 17.9 Å². The third-order valence-corrected chi connectivity index (χ3v) is 3.51. The Labute approximate surface area is 125 Å². The lowest BCUT2D eigenvalue weighted by molar-refractivity contribution is 0.122. The Morgan fingerprint density at radius 2 is 1.85 bits per heavy atom. The summed E-state index contributed by atoms with van der Waals surface area (Å²) in [4.78, 5) is 0. The van der Waals surface area contributed by atoms with E-state index in [0.717, 1.165) is 23.7 Å². The maximum absolute atomic E-state index is 6.00. The van der Waals surface area contributed by atoms with Crippen LogP contribution in [0.25, 0.3) is 0 Å². The molecule has 0 heterocycles. The van der Waals surface area contributed by atoms with Gasteiger partial charge in [0.1, 0.15) is 0 Å². The molecule has 0 spiro atoms. The van der Waals surface area contributed by atoms with Crippen molar-refractivity contribution in [1.29, 1.82) is 0 Å². The minimum absolute atomic E-state index is 0.669. The Balaban J connectivity index is 1.61. The fraction of sp³-hybridized carbons (Fsp3) is 0.294. The molecule has 0 bridgehead atoms. The molecule has 0 saturated heterocycles. The molecule has 0 unspecified atom stereocenters. The summed E-state index contributed by atoms with van der Waals surface area (Å²) >= 11 is 6.00. The van der Waals surface area contributed by atoms with Crippen molar-refractivity contribution >= 4 is 11.6 Å². The molecule has 2 aromatic carbocycles. The molecule has 0 radical (unpaired) electrons. The van der Waals surface area contributed by atoms with E-state index in [2.05, 4.69) is 23.5 Å². The van der Waals surface area contributed by atoms with Crippen molar-refractivity contribution in [1.82, 2.24) is 5.32 Å². The molecular formula is C17H20ClNO. The van der Waals surface area contributed by atoms with E-state index in [-0.39, 0.29) is 0 Å². The van der Waals surface area contributed by atoms with Gasteiger partial charge in [-0.2, -0.15) is 0 Å². The largest absolute Gasteiger partial charge is 0.375 e. The highest BCUT2D eigenvalue weighted by molar-refractivity contribution is 6.31. The van der Waals surface area contributed by atoms with Crippen LogP contribution in [0.4, 0.5) is 0 Å². The molecule has 0 atom stereocenters. The molecule has 2 aromatic rings. The van der Waals surface area contributed by atoms with Gasteiger partial charge in [-0.1, -0.05) is 54.1 Å². The summed E-state index contributed by atoms with van der Waals surface area (Å²) in [5.74, 6) is 0. The van der Waals surface area contributed by atoms with E-state index < -0.39 is 0 Å². The Hall–Kier alpha value is -1.35. The molecule has 2 rings (SSSR count). The number of hydrogen-bond donors (Lipinski definition) is 1. The van der Waals surface area contributed by atoms with E-state index in [4.69, 9.17) is 16.3 Å². The van der Waals surface area contributed by atoms with Gasteiger partial charge in [0.15, 0.2) is 0 Å². The van der Waals surface area contributed by atoms with E-state index in [0.29, 0.717) is 13.2 Å². The number of rotatable bonds is 7. The molecular weight excluding hydrogens is 270 g/mol. The van der Waals surface area contributed by atoms with Gasteiger partial charge in [-0.25, -0.2) is 0 Å². The number of ether oxygens (including phenoxy) is 1. The van der Waals surface area contributed by atoms with Crippen LogP contribution in [0.15, 0.2) is 48.5 Å². The lowest BCUT2D eigenvalue weighted by atomic mass is 10.1. The maximum Gasteiger partial charge on any atom is 0.0717 e. The molecule has 0 aliphatic rings. The number of halogens is 1. The van der Waals surface area contributed by atoms with Gasteiger partial charge in [0.25, 0.3) is 0 Å². The average Bonchev–Trinajstić information content (AvgIpc) is 2.47. The highest BCUT2D eigenvalue weighted by atomic mass is 35.5. The first-order valence-electron chi connectivity index (χ1n) is 6.83. The van der Waals surface area contributed by atoms with Crippen molar-refractivity contribution in [2.75, 3.05) is 13.2 Å². The molecule has 0 fully saturated rings. The van der Waals surface area contributed by atoms with Gasteiger partial charge in [0.05, 0.1) is 13.2 Å². The van der Waals surface area contributed by atoms with Crippen LogP contribution in [0, 0.1) is 6.92 Å². The summed E-state index contributed by atoms with van der Waals surface area (Å²) in [5.41, 5.74) is 3.57. The van der Waals surface area contributed by atoms with E-state index >= 15 is 0 Å². The third kappa shape index (κ3) is 4.97. The summed E-state index contributed by atoms with van der Waals surface area (Å²) in [6.45, 7) is 5.08. The van der Waals surface area contributed by atoms with E-state index in [1.165, 1.54) is 11.1 Å². The van der Waals surface area contributed by atoms with Crippen molar-refractivity contribution in [2.45, 2.75) is 20.1 Å². The smallest absolute Gasteiger partial charge is 0.0717 e. The Bertz CT molecular complexity index is 528. The number of nitrogens with one attached hydrogen (secondary N) is 1. The molecule has 0 aromatic heterocycles. The second-order valence-corrected chi connectivity index (χ2v) is 5.21. The average molecular weight is 290 g/mol. The predicted octanol–water partition coefficient (Wildman–Crippen LogP) is 3.95. The number of benzene rings is 2. The lowest BCUT2D eigenvalue weighted by Gasteiger charge is -2.07. The zero-order valence-corrected chi connectivity index (χ0v) is 12.5. The van der Waals surface area contributed by atoms with E-state index in [1.54, 1.807) is 0 Å². The zero-order chi connectivity index (χ0) is 14.2. The minimum atomic E-state index is 0.669. The number of aryl methyl sites for hydroxylation is 1. The van der Waals surface area contributed by atoms with Crippen molar-refractivity contribution in [3.8, 4) is 0 Å². The van der Waals surface area contributed by atoms with Crippen molar-refractivity contribution in [3.05, 3.63) is 70.2 Å². The van der Waals surface area contributed by atoms with Gasteiger partial charge in [-0.05, 0) is 29.7 Å². The molecule has 3 heteroatoms. The van der Waals surface area contributed by atoms with Gasteiger partial charge < -0.3 is 10.1 Å². The molecule has 0 aliphatic carbocycles. The van der Waals surface area contributed by atoms with Crippen LogP contribution >= 0.6 is 11.6 Å². The number of hydrogen-bond acceptors (Lipinski definition) is 2. The minimum Gasteiger partial charge on any atom is -0.375 e. The highest BCUT2D eigenvalue weighted by Gasteiger charge is 1.97. The van der Waals surface area contributed by atoms with Crippen LogP contribution in [0.1, 0.15) is 16.7 Å². The molecule has 20 heavy (non-hydrogen) atoms. The highest BCUT2D eigenvalue weighted by Crippen LogP contribution is 2.15. The molecule has 1 N–H and O–H groups in total. The van der Waals surface area contributed by atoms with Gasteiger partial charge in [0, 0.05) is 18.1 Å². The first-order chi connectivity index (χ1) is 9.75. The molecule has 0 saturated carbocycles. The van der Waals surface area contributed by atoms with Crippen molar-refractivity contribution in [3.63, 3.8) is 0 Å². The first-order valence-corrected chi connectivity index (χ1v) is 7.21. The quantitative estimate of drug-likeness (QED) is 0.779. The fourth-order valence-corrected chi connectivity index (χ4v) is 2.08. The normalized spacial score (nSPS) is 10.7. The van der Waals surface area contributed by atoms with Gasteiger partial charge in [-0.15, -0.1) is 0 Å². The summed E-state index contributed by atoms with van der Waals surface area (Å²) < 4.78 is 5.62. The maximum atomic E-state index is 6.00. The zero-order valence-electron chi connectivity index (χ0n) is 11.7. The fourth-order valence-electron chi connectivity index (χ4n) is 1.96. The first kappa shape index (κ1) is 15.0. The standard InChI is InChI=1S/C17H20ClNO/c1-14-11-16(7-8-17(14)18)12-19-9-10-20-13-15-5-3-2-4-6-15/h2-8,11,19H,9-10,12-13H2,1H3. The topological polar surface area (TPSA) is 21.3 Å². The summed E-state index contributed by atoms with van der Waals surface area (Å²) in [5, 5.41) is 4.19. The summed E-state index contributed by atoms with van der Waals surface area (Å²) in [7, 11) is 0. The summed E-state index contributed by atoms with van der Waals surface area (Å²) in [6.07, 6.45) is 0. The van der Waals surface area contributed by atoms with Gasteiger partial charge in [0.2, 0.25) is 0 Å². The van der Waals surface area contributed by atoms with Crippen LogP contribution in [0.5, 0.6) is 0 Å². The Morgan fingerprint density at radius 1 is 1.05 bits per heavy atom. The molecule has 0 aliphatic heterocycles. The molecule has 2 nitrogen and oxygen atoms in total. The SMILES string of the molecule is Cc1cc(CNCCOCc2ccccc2)ccc1Cl. The third-order valence-electron chi connectivity index (χ3n) is 3.09. The second-order valence-electron chi connectivity index (χ2n) is 4.80. The van der Waals surface area contributed by atoms with Gasteiger partial charge >= 0.3 is 0 Å². The van der Waals surface area contributed by atoms with Crippen LogP contribution in [-0.4, -0.2) is 13.2 Å². The van der Waals surface area contributed by atoms with Gasteiger partial charge in [-0.3, -0.25) is 0 Å². The van der Waals surface area contributed by atoms with E-state index in [9.17, 15) is 0 Å². The Morgan fingerprint density at radius 3 is 2.60 bits per heavy atom. The molecule has 0 amide bonds. The Kier molecular flexibility index (Phi) is 6.06. The van der Waals surface area contributed by atoms with Crippen LogP contribution in [0.3, 0.4) is 0 Å². The second kappa shape index (κ2) is 8.05. The predicted molar refractivity (Wildman–Crippen MR) is 84.0 cm³/mol. The van der Waals surface area contributed by atoms with Crippen molar-refractivity contribution < 1.29 is 4.74 Å². The molecule has 106 valence electrons. The van der Waals surface area contributed by atoms with Crippen LogP contribution < -0.4 is 5.32 Å². The van der Waals surface area contributed by atoms with Crippen LogP contribution in [0.2, 0.25) is 5.02 Å². The van der Waals surface area contributed by atoms with Crippen molar-refractivity contribution in [2.24, 2.45) is 0 Å². The lowest BCUT2D eigenvalue weighted by Crippen LogP contribution is -2.19. The monoisotopic (exact) mass is 289 g/mol. The summed E-state index contributed by atoms with van der Waals surface area (Å²) in [6, 6.07) is 16.3. The van der Waals surface area contributed by atoms with E-state index in [1.807, 2.05) is 37.3 Å².